The van der Waals surface area contributed by atoms with Crippen molar-refractivity contribution in [1.29, 1.82) is 0 Å². The maximum atomic E-state index is 15.7. The third kappa shape index (κ3) is 3.81. The molecule has 1 heterocycles. The highest BCUT2D eigenvalue weighted by Gasteiger charge is 2.39. The van der Waals surface area contributed by atoms with Crippen LogP contribution in [-0.4, -0.2) is 23.7 Å². The molecule has 0 bridgehead atoms. The quantitative estimate of drug-likeness (QED) is 0.691. The zero-order valence-electron chi connectivity index (χ0n) is 15.2. The number of piperidine rings is 1. The van der Waals surface area contributed by atoms with E-state index in [4.69, 9.17) is 0 Å². The second-order valence-electron chi connectivity index (χ2n) is 7.55. The summed E-state index contributed by atoms with van der Waals surface area (Å²) in [4.78, 5) is 2.41. The minimum Gasteiger partial charge on any atom is -0.299 e. The van der Waals surface area contributed by atoms with Crippen molar-refractivity contribution in [2.45, 2.75) is 31.5 Å². The Balaban J connectivity index is 1.42. The summed E-state index contributed by atoms with van der Waals surface area (Å²) in [6.07, 6.45) is 8.41. The number of alkyl halides is 1. The standard InChI is InChI=1S/C24H26FN/c25-24(15-13-22(14-16-24)21-10-5-2-6-11-21)23-12-7-17-26(19-23)18-20-8-3-1-4-9-20/h1-6,8-11,13-15,23H,7,12,16-19H2. The molecule has 1 nitrogen and oxygen atoms in total. The van der Waals surface area contributed by atoms with Crippen LogP contribution in [0.2, 0.25) is 0 Å². The second-order valence-corrected chi connectivity index (χ2v) is 7.55. The van der Waals surface area contributed by atoms with Gasteiger partial charge in [0.05, 0.1) is 0 Å². The summed E-state index contributed by atoms with van der Waals surface area (Å²) in [5.74, 6) is 0.0739. The van der Waals surface area contributed by atoms with Crippen molar-refractivity contribution in [1.82, 2.24) is 4.90 Å². The van der Waals surface area contributed by atoms with Gasteiger partial charge in [0.25, 0.3) is 0 Å². The normalized spacial score (nSPS) is 26.5. The Morgan fingerprint density at radius 1 is 1.00 bits per heavy atom. The van der Waals surface area contributed by atoms with Crippen LogP contribution in [-0.2, 0) is 6.54 Å². The Morgan fingerprint density at radius 3 is 2.42 bits per heavy atom. The molecule has 2 unspecified atom stereocenters. The first-order valence-corrected chi connectivity index (χ1v) is 9.63. The summed E-state index contributed by atoms with van der Waals surface area (Å²) >= 11 is 0. The van der Waals surface area contributed by atoms with Crippen molar-refractivity contribution < 1.29 is 4.39 Å². The number of nitrogens with zero attached hydrogens (tertiary/aromatic N) is 1. The Labute approximate surface area is 155 Å². The van der Waals surface area contributed by atoms with Crippen LogP contribution in [0, 0.1) is 5.92 Å². The number of rotatable bonds is 4. The lowest BCUT2D eigenvalue weighted by Crippen LogP contribution is -2.44. The molecule has 0 amide bonds. The van der Waals surface area contributed by atoms with Gasteiger partial charge in [0.1, 0.15) is 5.67 Å². The van der Waals surface area contributed by atoms with E-state index in [1.54, 1.807) is 0 Å². The smallest absolute Gasteiger partial charge is 0.136 e. The first-order chi connectivity index (χ1) is 12.7. The monoisotopic (exact) mass is 347 g/mol. The number of hydrogen-bond acceptors (Lipinski definition) is 1. The van der Waals surface area contributed by atoms with Crippen molar-refractivity contribution in [3.8, 4) is 0 Å². The van der Waals surface area contributed by atoms with E-state index >= 15 is 4.39 Å². The van der Waals surface area contributed by atoms with Crippen LogP contribution >= 0.6 is 0 Å². The lowest BCUT2D eigenvalue weighted by Gasteiger charge is -2.40. The summed E-state index contributed by atoms with van der Waals surface area (Å²) in [6, 6.07) is 20.8. The number of benzene rings is 2. The van der Waals surface area contributed by atoms with Gasteiger partial charge in [0.15, 0.2) is 0 Å². The fourth-order valence-corrected chi connectivity index (χ4v) is 4.21. The molecular formula is C24H26FN. The molecular weight excluding hydrogens is 321 g/mol. The number of halogens is 1. The average Bonchev–Trinajstić information content (AvgIpc) is 2.70. The predicted molar refractivity (Wildman–Crippen MR) is 106 cm³/mol. The fourth-order valence-electron chi connectivity index (χ4n) is 4.21. The molecule has 2 aromatic carbocycles. The molecule has 2 atom stereocenters. The molecule has 0 saturated carbocycles. The summed E-state index contributed by atoms with van der Waals surface area (Å²) in [6.45, 7) is 2.82. The molecule has 0 radical (unpaired) electrons. The molecule has 4 rings (SSSR count). The van der Waals surface area contributed by atoms with E-state index < -0.39 is 5.67 Å². The van der Waals surface area contributed by atoms with Gasteiger partial charge in [-0.25, -0.2) is 4.39 Å². The molecule has 2 aliphatic rings. The van der Waals surface area contributed by atoms with Gasteiger partial charge in [0.2, 0.25) is 0 Å². The van der Waals surface area contributed by atoms with Crippen molar-refractivity contribution in [3.63, 3.8) is 0 Å². The second kappa shape index (κ2) is 7.59. The molecule has 1 aliphatic carbocycles. The molecule has 0 aromatic heterocycles. The molecule has 2 heteroatoms. The summed E-state index contributed by atoms with van der Waals surface area (Å²) in [5.41, 5.74) is 2.40. The van der Waals surface area contributed by atoms with Gasteiger partial charge in [0, 0.05) is 25.4 Å². The predicted octanol–water partition coefficient (Wildman–Crippen LogP) is 5.65. The topological polar surface area (TPSA) is 3.24 Å². The van der Waals surface area contributed by atoms with E-state index in [0.717, 1.165) is 38.0 Å². The lowest BCUT2D eigenvalue weighted by atomic mass is 9.77. The van der Waals surface area contributed by atoms with Gasteiger partial charge in [-0.1, -0.05) is 72.8 Å². The van der Waals surface area contributed by atoms with Crippen molar-refractivity contribution in [3.05, 3.63) is 90.0 Å². The first-order valence-electron chi connectivity index (χ1n) is 9.63. The van der Waals surface area contributed by atoms with E-state index in [2.05, 4.69) is 47.4 Å². The Bertz CT molecular complexity index is 780. The Hall–Kier alpha value is -2.19. The minimum absolute atomic E-state index is 0.0739. The lowest BCUT2D eigenvalue weighted by molar-refractivity contribution is 0.0582. The largest absolute Gasteiger partial charge is 0.299 e. The number of allylic oxidation sites excluding steroid dienone is 4. The summed E-state index contributed by atoms with van der Waals surface area (Å²) < 4.78 is 15.7. The van der Waals surface area contributed by atoms with Crippen LogP contribution in [0.25, 0.3) is 5.57 Å². The molecule has 0 spiro atoms. The molecule has 134 valence electrons. The minimum atomic E-state index is -1.21. The highest BCUT2D eigenvalue weighted by molar-refractivity contribution is 5.75. The molecule has 1 saturated heterocycles. The summed E-state index contributed by atoms with van der Waals surface area (Å²) in [7, 11) is 0. The Kier molecular flexibility index (Phi) is 5.03. The highest BCUT2D eigenvalue weighted by Crippen LogP contribution is 2.39. The molecule has 1 fully saturated rings. The average molecular weight is 347 g/mol. The van der Waals surface area contributed by atoms with Gasteiger partial charge >= 0.3 is 0 Å². The summed E-state index contributed by atoms with van der Waals surface area (Å²) in [5, 5.41) is 0. The van der Waals surface area contributed by atoms with Crippen LogP contribution in [0.15, 0.2) is 78.9 Å². The van der Waals surface area contributed by atoms with Gasteiger partial charge in [-0.3, -0.25) is 4.90 Å². The number of hydrogen-bond donors (Lipinski definition) is 0. The Morgan fingerprint density at radius 2 is 1.73 bits per heavy atom. The van der Waals surface area contributed by atoms with E-state index in [0.29, 0.717) is 6.42 Å². The molecule has 26 heavy (non-hydrogen) atoms. The third-order valence-electron chi connectivity index (χ3n) is 5.72. The zero-order chi connectivity index (χ0) is 17.8. The van der Waals surface area contributed by atoms with E-state index in [1.165, 1.54) is 11.1 Å². The first kappa shape index (κ1) is 17.2. The zero-order valence-corrected chi connectivity index (χ0v) is 15.2. The molecule has 0 N–H and O–H groups in total. The molecule has 2 aromatic rings. The highest BCUT2D eigenvalue weighted by atomic mass is 19.1. The van der Waals surface area contributed by atoms with Crippen LogP contribution < -0.4 is 0 Å². The van der Waals surface area contributed by atoms with Crippen LogP contribution in [0.4, 0.5) is 4.39 Å². The SMILES string of the molecule is FC1(C2CCCN(Cc3ccccc3)C2)C=CC(c2ccccc2)=CC1. The van der Waals surface area contributed by atoms with Gasteiger partial charge in [-0.15, -0.1) is 0 Å². The van der Waals surface area contributed by atoms with Crippen LogP contribution in [0.3, 0.4) is 0 Å². The van der Waals surface area contributed by atoms with Gasteiger partial charge < -0.3 is 0 Å². The van der Waals surface area contributed by atoms with Crippen LogP contribution in [0.5, 0.6) is 0 Å². The fraction of sp³-hybridized carbons (Fsp3) is 0.333. The number of likely N-dealkylation sites (tertiary alicyclic amines) is 1. The van der Waals surface area contributed by atoms with Crippen molar-refractivity contribution in [2.75, 3.05) is 13.1 Å². The van der Waals surface area contributed by atoms with Crippen molar-refractivity contribution in [2.24, 2.45) is 5.92 Å². The third-order valence-corrected chi connectivity index (χ3v) is 5.72. The van der Waals surface area contributed by atoms with E-state index in [-0.39, 0.29) is 5.92 Å². The molecule has 1 aliphatic heterocycles. The van der Waals surface area contributed by atoms with Crippen LogP contribution in [0.1, 0.15) is 30.4 Å². The van der Waals surface area contributed by atoms with Gasteiger partial charge in [-0.2, -0.15) is 0 Å². The van der Waals surface area contributed by atoms with E-state index in [1.807, 2.05) is 36.4 Å². The van der Waals surface area contributed by atoms with Crippen molar-refractivity contribution >= 4 is 5.57 Å². The maximum Gasteiger partial charge on any atom is 0.136 e. The van der Waals surface area contributed by atoms with E-state index in [9.17, 15) is 0 Å². The van der Waals surface area contributed by atoms with Gasteiger partial charge in [-0.05, 0) is 42.2 Å². The maximum absolute atomic E-state index is 15.7.